The molecule has 2 aromatic carbocycles. The van der Waals surface area contributed by atoms with Gasteiger partial charge in [0.25, 0.3) is 5.91 Å². The van der Waals surface area contributed by atoms with Crippen LogP contribution in [-0.4, -0.2) is 20.5 Å². The molecule has 0 aliphatic carbocycles. The van der Waals surface area contributed by atoms with E-state index in [0.717, 1.165) is 5.69 Å². The van der Waals surface area contributed by atoms with Crippen LogP contribution in [0, 0.1) is 0 Å². The van der Waals surface area contributed by atoms with Crippen LogP contribution >= 0.6 is 11.6 Å². The summed E-state index contributed by atoms with van der Waals surface area (Å²) in [5.41, 5.74) is 3.78. The maximum atomic E-state index is 12.5. The van der Waals surface area contributed by atoms with Gasteiger partial charge in [-0.3, -0.25) is 9.20 Å². The lowest BCUT2D eigenvalue weighted by molar-refractivity contribution is 0.102. The molecule has 28 heavy (non-hydrogen) atoms. The van der Waals surface area contributed by atoms with Crippen LogP contribution < -0.4 is 10.6 Å². The Balaban J connectivity index is 1.47. The second-order valence-corrected chi connectivity index (χ2v) is 6.85. The first-order valence-electron chi connectivity index (χ1n) is 8.82. The standard InChI is InChI=1S/C21H18ClN5O/c1-14(15-5-3-2-4-6-15)24-19-9-8-17(11-18(19)22)25-21(28)16-7-10-20-26-23-13-27(20)12-16/h2-14,24H,1H3,(H,25,28). The summed E-state index contributed by atoms with van der Waals surface area (Å²) in [7, 11) is 0. The maximum Gasteiger partial charge on any atom is 0.257 e. The zero-order valence-electron chi connectivity index (χ0n) is 15.1. The second kappa shape index (κ2) is 7.70. The van der Waals surface area contributed by atoms with Gasteiger partial charge in [-0.2, -0.15) is 0 Å². The topological polar surface area (TPSA) is 71.3 Å². The average Bonchev–Trinajstić information content (AvgIpc) is 3.18. The Labute approximate surface area is 167 Å². The van der Waals surface area contributed by atoms with Crippen molar-refractivity contribution in [3.05, 3.63) is 89.3 Å². The van der Waals surface area contributed by atoms with E-state index in [1.807, 2.05) is 30.3 Å². The number of hydrogen-bond acceptors (Lipinski definition) is 4. The van der Waals surface area contributed by atoms with E-state index in [-0.39, 0.29) is 11.9 Å². The molecule has 0 fully saturated rings. The van der Waals surface area contributed by atoms with Crippen molar-refractivity contribution >= 4 is 34.5 Å². The molecule has 1 atom stereocenters. The smallest absolute Gasteiger partial charge is 0.257 e. The van der Waals surface area contributed by atoms with Crippen LogP contribution in [0.2, 0.25) is 5.02 Å². The molecule has 0 radical (unpaired) electrons. The molecule has 0 saturated carbocycles. The van der Waals surface area contributed by atoms with Crippen molar-refractivity contribution in [3.63, 3.8) is 0 Å². The van der Waals surface area contributed by atoms with E-state index in [9.17, 15) is 4.79 Å². The molecule has 2 aromatic heterocycles. The largest absolute Gasteiger partial charge is 0.377 e. The van der Waals surface area contributed by atoms with Crippen molar-refractivity contribution in [2.45, 2.75) is 13.0 Å². The van der Waals surface area contributed by atoms with E-state index >= 15 is 0 Å². The lowest BCUT2D eigenvalue weighted by Crippen LogP contribution is -2.13. The van der Waals surface area contributed by atoms with Gasteiger partial charge < -0.3 is 10.6 Å². The van der Waals surface area contributed by atoms with Crippen LogP contribution in [0.4, 0.5) is 11.4 Å². The van der Waals surface area contributed by atoms with Gasteiger partial charge in [-0.25, -0.2) is 0 Å². The molecule has 1 unspecified atom stereocenters. The van der Waals surface area contributed by atoms with Crippen molar-refractivity contribution in [3.8, 4) is 0 Å². The average molecular weight is 392 g/mol. The van der Waals surface area contributed by atoms with E-state index in [1.54, 1.807) is 35.1 Å². The zero-order chi connectivity index (χ0) is 19.5. The van der Waals surface area contributed by atoms with Gasteiger partial charge >= 0.3 is 0 Å². The molecule has 4 rings (SSSR count). The summed E-state index contributed by atoms with van der Waals surface area (Å²) < 4.78 is 1.69. The van der Waals surface area contributed by atoms with Crippen molar-refractivity contribution in [2.24, 2.45) is 0 Å². The molecule has 2 N–H and O–H groups in total. The molecule has 0 saturated heterocycles. The zero-order valence-corrected chi connectivity index (χ0v) is 15.9. The van der Waals surface area contributed by atoms with Crippen molar-refractivity contribution in [2.75, 3.05) is 10.6 Å². The number of anilines is 2. The minimum Gasteiger partial charge on any atom is -0.377 e. The fourth-order valence-electron chi connectivity index (χ4n) is 2.93. The quantitative estimate of drug-likeness (QED) is 0.512. The number of nitrogens with zero attached hydrogens (tertiary/aromatic N) is 3. The number of amides is 1. The molecule has 0 spiro atoms. The van der Waals surface area contributed by atoms with Gasteiger partial charge in [-0.05, 0) is 42.8 Å². The van der Waals surface area contributed by atoms with Crippen LogP contribution in [0.25, 0.3) is 5.65 Å². The highest BCUT2D eigenvalue weighted by Gasteiger charge is 2.11. The van der Waals surface area contributed by atoms with Gasteiger partial charge in [0.2, 0.25) is 0 Å². The minimum atomic E-state index is -0.231. The third-order valence-corrected chi connectivity index (χ3v) is 4.76. The van der Waals surface area contributed by atoms with Gasteiger partial charge in [0.15, 0.2) is 5.65 Å². The third-order valence-electron chi connectivity index (χ3n) is 4.45. The van der Waals surface area contributed by atoms with Gasteiger partial charge in [0, 0.05) is 17.9 Å². The van der Waals surface area contributed by atoms with E-state index in [4.69, 9.17) is 11.6 Å². The van der Waals surface area contributed by atoms with Crippen LogP contribution in [0.1, 0.15) is 28.9 Å². The first kappa shape index (κ1) is 18.0. The third kappa shape index (κ3) is 3.82. The Morgan fingerprint density at radius 2 is 1.93 bits per heavy atom. The number of benzene rings is 2. The van der Waals surface area contributed by atoms with Gasteiger partial charge in [0.1, 0.15) is 6.33 Å². The SMILES string of the molecule is CC(Nc1ccc(NC(=O)c2ccc3nncn3c2)cc1Cl)c1ccccc1. The number of pyridine rings is 1. The Kier molecular flexibility index (Phi) is 4.95. The summed E-state index contributed by atoms with van der Waals surface area (Å²) in [4.78, 5) is 12.5. The van der Waals surface area contributed by atoms with E-state index in [0.29, 0.717) is 21.9 Å². The highest BCUT2D eigenvalue weighted by atomic mass is 35.5. The highest BCUT2D eigenvalue weighted by molar-refractivity contribution is 6.33. The normalized spacial score (nSPS) is 11.9. The van der Waals surface area contributed by atoms with Crippen LogP contribution in [0.15, 0.2) is 73.2 Å². The Hall–Kier alpha value is -3.38. The fraction of sp³-hybridized carbons (Fsp3) is 0.0952. The first-order chi connectivity index (χ1) is 13.6. The van der Waals surface area contributed by atoms with Crippen LogP contribution in [0.5, 0.6) is 0 Å². The molecule has 140 valence electrons. The number of rotatable bonds is 5. The van der Waals surface area contributed by atoms with Crippen molar-refractivity contribution < 1.29 is 4.79 Å². The summed E-state index contributed by atoms with van der Waals surface area (Å²) in [5.74, 6) is -0.231. The summed E-state index contributed by atoms with van der Waals surface area (Å²) in [5, 5.41) is 14.5. The summed E-state index contributed by atoms with van der Waals surface area (Å²) in [6.07, 6.45) is 3.24. The van der Waals surface area contributed by atoms with Gasteiger partial charge in [-0.1, -0.05) is 41.9 Å². The fourth-order valence-corrected chi connectivity index (χ4v) is 3.17. The number of nitrogens with one attached hydrogen (secondary N) is 2. The number of hydrogen-bond donors (Lipinski definition) is 2. The molecular formula is C21H18ClN5O. The molecule has 0 bridgehead atoms. The Morgan fingerprint density at radius 3 is 2.71 bits per heavy atom. The summed E-state index contributed by atoms with van der Waals surface area (Å²) in [6.45, 7) is 2.07. The van der Waals surface area contributed by atoms with E-state index in [1.165, 1.54) is 5.56 Å². The lowest BCUT2D eigenvalue weighted by atomic mass is 10.1. The minimum absolute atomic E-state index is 0.106. The molecule has 0 aliphatic rings. The predicted molar refractivity (Wildman–Crippen MR) is 111 cm³/mol. The predicted octanol–water partition coefficient (Wildman–Crippen LogP) is 4.81. The molecule has 0 aliphatic heterocycles. The molecule has 2 heterocycles. The number of carbonyl (C=O) groups excluding carboxylic acids is 1. The van der Waals surface area contributed by atoms with Gasteiger partial charge in [0.05, 0.1) is 16.3 Å². The Bertz CT molecular complexity index is 1130. The second-order valence-electron chi connectivity index (χ2n) is 6.44. The van der Waals surface area contributed by atoms with E-state index < -0.39 is 0 Å². The molecule has 6 nitrogen and oxygen atoms in total. The summed E-state index contributed by atoms with van der Waals surface area (Å²) in [6, 6.07) is 19.1. The van der Waals surface area contributed by atoms with Gasteiger partial charge in [-0.15, -0.1) is 10.2 Å². The Morgan fingerprint density at radius 1 is 1.11 bits per heavy atom. The van der Waals surface area contributed by atoms with Crippen LogP contribution in [-0.2, 0) is 0 Å². The van der Waals surface area contributed by atoms with Crippen LogP contribution in [0.3, 0.4) is 0 Å². The van der Waals surface area contributed by atoms with Crippen molar-refractivity contribution in [1.29, 1.82) is 0 Å². The molecular weight excluding hydrogens is 374 g/mol. The number of fused-ring (bicyclic) bond motifs is 1. The number of carbonyl (C=O) groups is 1. The molecule has 7 heteroatoms. The molecule has 1 amide bonds. The monoisotopic (exact) mass is 391 g/mol. The lowest BCUT2D eigenvalue weighted by Gasteiger charge is -2.17. The van der Waals surface area contributed by atoms with Crippen molar-refractivity contribution in [1.82, 2.24) is 14.6 Å². The maximum absolute atomic E-state index is 12.5. The summed E-state index contributed by atoms with van der Waals surface area (Å²) >= 11 is 6.42. The first-order valence-corrected chi connectivity index (χ1v) is 9.20. The van der Waals surface area contributed by atoms with E-state index in [2.05, 4.69) is 39.9 Å². The molecule has 4 aromatic rings. The highest BCUT2D eigenvalue weighted by Crippen LogP contribution is 2.29. The number of aromatic nitrogens is 3. The number of halogens is 1.